The molecule has 0 atom stereocenters. The SMILES string of the molecule is C=C(Nc1ccc(F)c(F)c1F)C(=O)O. The van der Waals surface area contributed by atoms with Crippen molar-refractivity contribution in [2.24, 2.45) is 0 Å². The van der Waals surface area contributed by atoms with Crippen LogP contribution in [0.5, 0.6) is 0 Å². The van der Waals surface area contributed by atoms with E-state index in [4.69, 9.17) is 5.11 Å². The zero-order chi connectivity index (χ0) is 11.6. The van der Waals surface area contributed by atoms with Crippen molar-refractivity contribution in [3.8, 4) is 0 Å². The molecule has 2 N–H and O–H groups in total. The molecule has 0 bridgehead atoms. The molecule has 0 aliphatic heterocycles. The first kappa shape index (κ1) is 11.1. The first-order chi connectivity index (χ1) is 6.93. The molecule has 0 heterocycles. The van der Waals surface area contributed by atoms with E-state index in [-0.39, 0.29) is 0 Å². The largest absolute Gasteiger partial charge is 0.477 e. The van der Waals surface area contributed by atoms with E-state index in [1.807, 2.05) is 5.32 Å². The smallest absolute Gasteiger partial charge is 0.351 e. The number of benzene rings is 1. The number of hydrogen-bond donors (Lipinski definition) is 2. The molecular weight excluding hydrogens is 211 g/mol. The summed E-state index contributed by atoms with van der Waals surface area (Å²) in [5, 5.41) is 10.4. The van der Waals surface area contributed by atoms with Gasteiger partial charge in [0.15, 0.2) is 17.5 Å². The summed E-state index contributed by atoms with van der Waals surface area (Å²) in [5.41, 5.74) is -1.03. The fourth-order valence-corrected chi connectivity index (χ4v) is 0.838. The number of halogens is 3. The van der Waals surface area contributed by atoms with Gasteiger partial charge in [0.1, 0.15) is 5.70 Å². The lowest BCUT2D eigenvalue weighted by Crippen LogP contribution is -2.10. The van der Waals surface area contributed by atoms with Crippen LogP contribution in [0.4, 0.5) is 18.9 Å². The molecule has 0 unspecified atom stereocenters. The first-order valence-corrected chi connectivity index (χ1v) is 3.76. The van der Waals surface area contributed by atoms with Crippen molar-refractivity contribution in [3.63, 3.8) is 0 Å². The van der Waals surface area contributed by atoms with Crippen molar-refractivity contribution in [1.29, 1.82) is 0 Å². The van der Waals surface area contributed by atoms with Gasteiger partial charge in [-0.1, -0.05) is 6.58 Å². The summed E-state index contributed by atoms with van der Waals surface area (Å²) >= 11 is 0. The lowest BCUT2D eigenvalue weighted by molar-refractivity contribution is -0.132. The van der Waals surface area contributed by atoms with Gasteiger partial charge in [0.2, 0.25) is 0 Å². The Morgan fingerprint density at radius 2 is 1.87 bits per heavy atom. The first-order valence-electron chi connectivity index (χ1n) is 3.76. The molecular formula is C9H6F3NO2. The van der Waals surface area contributed by atoms with E-state index in [0.29, 0.717) is 6.07 Å². The van der Waals surface area contributed by atoms with Gasteiger partial charge in [0.05, 0.1) is 5.69 Å². The Morgan fingerprint density at radius 1 is 1.27 bits per heavy atom. The van der Waals surface area contributed by atoms with Crippen LogP contribution in [-0.4, -0.2) is 11.1 Å². The lowest BCUT2D eigenvalue weighted by Gasteiger charge is -2.07. The normalized spacial score (nSPS) is 9.80. The van der Waals surface area contributed by atoms with E-state index >= 15 is 0 Å². The minimum absolute atomic E-state index is 0.485. The Morgan fingerprint density at radius 3 is 2.40 bits per heavy atom. The molecule has 0 amide bonds. The highest BCUT2D eigenvalue weighted by atomic mass is 19.2. The third-order valence-electron chi connectivity index (χ3n) is 1.58. The molecule has 0 aliphatic carbocycles. The van der Waals surface area contributed by atoms with Crippen LogP contribution < -0.4 is 5.32 Å². The average Bonchev–Trinajstić information content (AvgIpc) is 2.18. The highest BCUT2D eigenvalue weighted by Gasteiger charge is 2.15. The van der Waals surface area contributed by atoms with Gasteiger partial charge in [-0.15, -0.1) is 0 Å². The number of aliphatic carboxylic acids is 1. The molecule has 0 radical (unpaired) electrons. The second kappa shape index (κ2) is 4.04. The number of carbonyl (C=O) groups is 1. The number of rotatable bonds is 3. The predicted molar refractivity (Wildman–Crippen MR) is 46.7 cm³/mol. The third kappa shape index (κ3) is 2.28. The number of hydrogen-bond acceptors (Lipinski definition) is 2. The molecule has 6 heteroatoms. The van der Waals surface area contributed by atoms with E-state index in [0.717, 1.165) is 6.07 Å². The molecule has 0 saturated heterocycles. The van der Waals surface area contributed by atoms with Gasteiger partial charge in [-0.2, -0.15) is 0 Å². The summed E-state index contributed by atoms with van der Waals surface area (Å²) in [5.74, 6) is -5.92. The molecule has 15 heavy (non-hydrogen) atoms. The third-order valence-corrected chi connectivity index (χ3v) is 1.58. The second-order valence-corrected chi connectivity index (χ2v) is 2.63. The molecule has 0 fully saturated rings. The fraction of sp³-hybridized carbons (Fsp3) is 0. The average molecular weight is 217 g/mol. The summed E-state index contributed by atoms with van der Waals surface area (Å²) in [7, 11) is 0. The predicted octanol–water partition coefficient (Wildman–Crippen LogP) is 2.11. The molecule has 0 aliphatic rings. The van der Waals surface area contributed by atoms with Crippen molar-refractivity contribution < 1.29 is 23.1 Å². The summed E-state index contributed by atoms with van der Waals surface area (Å²) in [4.78, 5) is 10.3. The quantitative estimate of drug-likeness (QED) is 0.602. The second-order valence-electron chi connectivity index (χ2n) is 2.63. The Kier molecular flexibility index (Phi) is 2.99. The van der Waals surface area contributed by atoms with E-state index in [2.05, 4.69) is 6.58 Å². The lowest BCUT2D eigenvalue weighted by atomic mass is 10.2. The maximum Gasteiger partial charge on any atom is 0.351 e. The Hall–Kier alpha value is -1.98. The molecule has 1 aromatic rings. The molecule has 80 valence electrons. The van der Waals surface area contributed by atoms with E-state index in [1.54, 1.807) is 0 Å². The number of carboxylic acids is 1. The summed E-state index contributed by atoms with van der Waals surface area (Å²) in [6, 6.07) is 1.55. The summed E-state index contributed by atoms with van der Waals surface area (Å²) < 4.78 is 38.1. The van der Waals surface area contributed by atoms with Gasteiger partial charge >= 0.3 is 5.97 Å². The molecule has 0 saturated carbocycles. The van der Waals surface area contributed by atoms with Gasteiger partial charge in [0.25, 0.3) is 0 Å². The maximum absolute atomic E-state index is 13.0. The van der Waals surface area contributed by atoms with E-state index in [1.165, 1.54) is 0 Å². The monoisotopic (exact) mass is 217 g/mol. The zero-order valence-electron chi connectivity index (χ0n) is 7.35. The standard InChI is InChI=1S/C9H6F3NO2/c1-4(9(14)15)13-6-3-2-5(10)7(11)8(6)12/h2-3,13H,1H2,(H,14,15). The number of anilines is 1. The number of carboxylic acid groups (broad SMARTS) is 1. The van der Waals surface area contributed by atoms with Crippen LogP contribution in [0.3, 0.4) is 0 Å². The van der Waals surface area contributed by atoms with Crippen LogP contribution in [0, 0.1) is 17.5 Å². The Balaban J connectivity index is 3.02. The molecule has 3 nitrogen and oxygen atoms in total. The van der Waals surface area contributed by atoms with E-state index in [9.17, 15) is 18.0 Å². The Labute approximate surface area is 82.8 Å². The summed E-state index contributed by atoms with van der Waals surface area (Å²) in [6.07, 6.45) is 0. The summed E-state index contributed by atoms with van der Waals surface area (Å²) in [6.45, 7) is 3.05. The minimum atomic E-state index is -1.67. The van der Waals surface area contributed by atoms with Gasteiger partial charge in [0, 0.05) is 0 Å². The molecule has 0 spiro atoms. The van der Waals surface area contributed by atoms with Crippen LogP contribution in [0.25, 0.3) is 0 Å². The van der Waals surface area contributed by atoms with Gasteiger partial charge in [-0.25, -0.2) is 18.0 Å². The highest BCUT2D eigenvalue weighted by molar-refractivity contribution is 5.89. The van der Waals surface area contributed by atoms with Gasteiger partial charge in [-0.05, 0) is 12.1 Å². The highest BCUT2D eigenvalue weighted by Crippen LogP contribution is 2.20. The van der Waals surface area contributed by atoms with Crippen LogP contribution in [-0.2, 0) is 4.79 Å². The van der Waals surface area contributed by atoms with Gasteiger partial charge in [-0.3, -0.25) is 0 Å². The number of nitrogens with one attached hydrogen (secondary N) is 1. The molecule has 1 aromatic carbocycles. The maximum atomic E-state index is 13.0. The Bertz CT molecular complexity index is 432. The van der Waals surface area contributed by atoms with Crippen LogP contribution in [0.1, 0.15) is 0 Å². The minimum Gasteiger partial charge on any atom is -0.477 e. The topological polar surface area (TPSA) is 49.3 Å². The van der Waals surface area contributed by atoms with Gasteiger partial charge < -0.3 is 10.4 Å². The van der Waals surface area contributed by atoms with Crippen molar-refractivity contribution >= 4 is 11.7 Å². The van der Waals surface area contributed by atoms with Crippen molar-refractivity contribution in [1.82, 2.24) is 0 Å². The van der Waals surface area contributed by atoms with Crippen LogP contribution in [0.2, 0.25) is 0 Å². The van der Waals surface area contributed by atoms with Crippen LogP contribution >= 0.6 is 0 Å². The van der Waals surface area contributed by atoms with Crippen molar-refractivity contribution in [2.45, 2.75) is 0 Å². The van der Waals surface area contributed by atoms with Crippen molar-refractivity contribution in [2.75, 3.05) is 5.32 Å². The van der Waals surface area contributed by atoms with E-state index < -0.39 is 34.8 Å². The van der Waals surface area contributed by atoms with Crippen LogP contribution in [0.15, 0.2) is 24.4 Å². The molecule has 1 rings (SSSR count). The zero-order valence-corrected chi connectivity index (χ0v) is 7.35. The molecule has 0 aromatic heterocycles. The van der Waals surface area contributed by atoms with Crippen molar-refractivity contribution in [3.05, 3.63) is 41.9 Å². The fourth-order valence-electron chi connectivity index (χ4n) is 0.838.